The van der Waals surface area contributed by atoms with Crippen molar-refractivity contribution in [1.82, 2.24) is 15.6 Å². The lowest BCUT2D eigenvalue weighted by Crippen LogP contribution is -2.14. The molecule has 7 heteroatoms. The van der Waals surface area contributed by atoms with Crippen molar-refractivity contribution in [2.75, 3.05) is 24.7 Å². The first-order valence-electron chi connectivity index (χ1n) is 10.8. The van der Waals surface area contributed by atoms with Crippen LogP contribution in [0.4, 0.5) is 11.5 Å². The topological polar surface area (TPSA) is 83.1 Å². The summed E-state index contributed by atoms with van der Waals surface area (Å²) < 4.78 is 23.6. The molecule has 0 amide bonds. The Bertz CT molecular complexity index is 1260. The van der Waals surface area contributed by atoms with Crippen LogP contribution in [0.3, 0.4) is 0 Å². The molecule has 32 heavy (non-hydrogen) atoms. The molecule has 0 saturated carbocycles. The van der Waals surface area contributed by atoms with E-state index in [4.69, 9.17) is 4.98 Å². The van der Waals surface area contributed by atoms with Crippen LogP contribution in [0.1, 0.15) is 29.0 Å². The second kappa shape index (κ2) is 8.41. The molecule has 2 aliphatic heterocycles. The number of aromatic nitrogens is 1. The summed E-state index contributed by atoms with van der Waals surface area (Å²) in [4.78, 5) is 5.20. The fraction of sp³-hybridized carbons (Fsp3) is 0.240. The number of hydrogen-bond acceptors (Lipinski definition) is 6. The lowest BCUT2D eigenvalue weighted by molar-refractivity contribution is 0.602. The molecule has 6 nitrogen and oxygen atoms in total. The summed E-state index contributed by atoms with van der Waals surface area (Å²) in [6.07, 6.45) is 6.37. The molecule has 0 aliphatic carbocycles. The van der Waals surface area contributed by atoms with Crippen molar-refractivity contribution in [1.29, 1.82) is 0 Å². The van der Waals surface area contributed by atoms with Gasteiger partial charge in [-0.05, 0) is 72.6 Å². The van der Waals surface area contributed by atoms with Crippen LogP contribution in [-0.2, 0) is 16.4 Å². The maximum atomic E-state index is 11.8. The number of anilines is 2. The van der Waals surface area contributed by atoms with Gasteiger partial charge < -0.3 is 16.0 Å². The minimum atomic E-state index is -3.23. The van der Waals surface area contributed by atoms with E-state index in [1.54, 1.807) is 12.1 Å². The van der Waals surface area contributed by atoms with Gasteiger partial charge in [-0.2, -0.15) is 0 Å². The van der Waals surface area contributed by atoms with Crippen molar-refractivity contribution in [2.24, 2.45) is 0 Å². The Morgan fingerprint density at radius 2 is 1.84 bits per heavy atom. The van der Waals surface area contributed by atoms with Crippen molar-refractivity contribution in [3.8, 4) is 11.3 Å². The quantitative estimate of drug-likeness (QED) is 0.549. The number of fused-ring (bicyclic) bond motifs is 1. The molecule has 3 aromatic rings. The average Bonchev–Trinajstić information content (AvgIpc) is 3.34. The Labute approximate surface area is 188 Å². The zero-order valence-corrected chi connectivity index (χ0v) is 18.7. The number of nitrogens with zero attached hydrogens (tertiary/aromatic N) is 1. The molecule has 3 heterocycles. The third-order valence-electron chi connectivity index (χ3n) is 6.10. The van der Waals surface area contributed by atoms with Gasteiger partial charge in [0, 0.05) is 36.2 Å². The Hall–Kier alpha value is -3.16. The summed E-state index contributed by atoms with van der Waals surface area (Å²) in [5, 5.41) is 10.2. The summed E-state index contributed by atoms with van der Waals surface area (Å²) in [5.74, 6) is 1.39. The van der Waals surface area contributed by atoms with Crippen LogP contribution in [-0.4, -0.2) is 32.7 Å². The zero-order valence-electron chi connectivity index (χ0n) is 17.9. The van der Waals surface area contributed by atoms with Gasteiger partial charge in [0.05, 0.1) is 10.6 Å². The van der Waals surface area contributed by atoms with Crippen molar-refractivity contribution in [3.63, 3.8) is 0 Å². The second-order valence-corrected chi connectivity index (χ2v) is 10.4. The van der Waals surface area contributed by atoms with Gasteiger partial charge in [0.1, 0.15) is 5.82 Å². The lowest BCUT2D eigenvalue weighted by atomic mass is 9.98. The molecule has 5 rings (SSSR count). The van der Waals surface area contributed by atoms with Gasteiger partial charge in [0.25, 0.3) is 0 Å². The van der Waals surface area contributed by atoms with E-state index in [1.807, 2.05) is 30.5 Å². The fourth-order valence-corrected chi connectivity index (χ4v) is 4.90. The maximum Gasteiger partial charge on any atom is 0.175 e. The SMILES string of the molecule is CS(=O)(=O)c1ccc(-c2cc3c(c(Nc4ccc(C5CCNC5)cc4)n2)CNC=C3)cc1. The molecule has 3 N–H and O–H groups in total. The van der Waals surface area contributed by atoms with E-state index in [2.05, 4.69) is 40.2 Å². The van der Waals surface area contributed by atoms with Gasteiger partial charge >= 0.3 is 0 Å². The van der Waals surface area contributed by atoms with E-state index in [0.29, 0.717) is 17.4 Å². The summed E-state index contributed by atoms with van der Waals surface area (Å²) in [7, 11) is -3.23. The molecule has 1 fully saturated rings. The van der Waals surface area contributed by atoms with Crippen LogP contribution in [0.25, 0.3) is 17.3 Å². The predicted molar refractivity (Wildman–Crippen MR) is 129 cm³/mol. The van der Waals surface area contributed by atoms with Gasteiger partial charge in [-0.3, -0.25) is 0 Å². The largest absolute Gasteiger partial charge is 0.387 e. The van der Waals surface area contributed by atoms with Gasteiger partial charge in [-0.1, -0.05) is 24.3 Å². The van der Waals surface area contributed by atoms with Gasteiger partial charge in [0.15, 0.2) is 9.84 Å². The second-order valence-electron chi connectivity index (χ2n) is 8.37. The number of pyridine rings is 1. The molecule has 2 aromatic carbocycles. The van der Waals surface area contributed by atoms with Crippen LogP contribution >= 0.6 is 0 Å². The Morgan fingerprint density at radius 1 is 1.06 bits per heavy atom. The molecular formula is C25H26N4O2S. The summed E-state index contributed by atoms with van der Waals surface area (Å²) in [6, 6.07) is 17.5. The molecule has 0 bridgehead atoms. The third-order valence-corrected chi connectivity index (χ3v) is 7.23. The van der Waals surface area contributed by atoms with Crippen LogP contribution in [0, 0.1) is 0 Å². The average molecular weight is 447 g/mol. The highest BCUT2D eigenvalue weighted by Gasteiger charge is 2.18. The van der Waals surface area contributed by atoms with E-state index in [1.165, 1.54) is 18.2 Å². The monoisotopic (exact) mass is 446 g/mol. The smallest absolute Gasteiger partial charge is 0.175 e. The molecule has 1 unspecified atom stereocenters. The predicted octanol–water partition coefficient (Wildman–Crippen LogP) is 4.05. The summed E-state index contributed by atoms with van der Waals surface area (Å²) in [6.45, 7) is 2.82. The molecular weight excluding hydrogens is 420 g/mol. The van der Waals surface area contributed by atoms with Crippen LogP contribution in [0.2, 0.25) is 0 Å². The number of benzene rings is 2. The van der Waals surface area contributed by atoms with Crippen molar-refractivity contribution in [2.45, 2.75) is 23.8 Å². The summed E-state index contributed by atoms with van der Waals surface area (Å²) in [5.41, 5.74) is 6.23. The molecule has 1 atom stereocenters. The molecule has 164 valence electrons. The van der Waals surface area contributed by atoms with Gasteiger partial charge in [-0.15, -0.1) is 0 Å². The van der Waals surface area contributed by atoms with Crippen LogP contribution < -0.4 is 16.0 Å². The first-order chi connectivity index (χ1) is 15.5. The van der Waals surface area contributed by atoms with Gasteiger partial charge in [-0.25, -0.2) is 13.4 Å². The highest BCUT2D eigenvalue weighted by atomic mass is 32.2. The van der Waals surface area contributed by atoms with E-state index < -0.39 is 9.84 Å². The number of sulfone groups is 1. The van der Waals surface area contributed by atoms with E-state index in [0.717, 1.165) is 47.0 Å². The third kappa shape index (κ3) is 4.26. The van der Waals surface area contributed by atoms with E-state index >= 15 is 0 Å². The molecule has 1 aromatic heterocycles. The van der Waals surface area contributed by atoms with Crippen LogP contribution in [0.5, 0.6) is 0 Å². The number of nitrogens with one attached hydrogen (secondary N) is 3. The lowest BCUT2D eigenvalue weighted by Gasteiger charge is -2.19. The first-order valence-corrected chi connectivity index (χ1v) is 12.7. The summed E-state index contributed by atoms with van der Waals surface area (Å²) >= 11 is 0. The molecule has 0 spiro atoms. The zero-order chi connectivity index (χ0) is 22.1. The first kappa shape index (κ1) is 20.7. The van der Waals surface area contributed by atoms with Crippen molar-refractivity contribution >= 4 is 27.4 Å². The molecule has 0 radical (unpaired) electrons. The molecule has 2 aliphatic rings. The van der Waals surface area contributed by atoms with Crippen molar-refractivity contribution < 1.29 is 8.42 Å². The number of rotatable bonds is 5. The van der Waals surface area contributed by atoms with Gasteiger partial charge in [0.2, 0.25) is 0 Å². The van der Waals surface area contributed by atoms with E-state index in [-0.39, 0.29) is 0 Å². The minimum Gasteiger partial charge on any atom is -0.387 e. The molecule has 1 saturated heterocycles. The Morgan fingerprint density at radius 3 is 2.53 bits per heavy atom. The minimum absolute atomic E-state index is 0.305. The normalized spacial score (nSPS) is 17.6. The Balaban J connectivity index is 1.47. The van der Waals surface area contributed by atoms with Crippen molar-refractivity contribution in [3.05, 3.63) is 77.5 Å². The Kier molecular flexibility index (Phi) is 5.45. The van der Waals surface area contributed by atoms with Crippen LogP contribution in [0.15, 0.2) is 65.7 Å². The maximum absolute atomic E-state index is 11.8. The fourth-order valence-electron chi connectivity index (χ4n) is 4.27. The highest BCUT2D eigenvalue weighted by molar-refractivity contribution is 7.90. The standard InChI is InChI=1S/C25H26N4O2S/c1-32(30,31)22-8-4-18(5-9-22)24-14-19-10-12-27-16-23(19)25(29-24)28-21-6-2-17(3-7-21)20-11-13-26-15-20/h2-10,12,14,20,26-27H,11,13,15-16H2,1H3,(H,28,29). The van der Waals surface area contributed by atoms with E-state index in [9.17, 15) is 8.42 Å². The highest BCUT2D eigenvalue weighted by Crippen LogP contribution is 2.31. The number of hydrogen-bond donors (Lipinski definition) is 3.